The summed E-state index contributed by atoms with van der Waals surface area (Å²) in [6, 6.07) is 0. The molecule has 0 saturated carbocycles. The number of hydrogen-bond donors (Lipinski definition) is 0. The molecule has 0 aliphatic rings. The van der Waals surface area contributed by atoms with Gasteiger partial charge < -0.3 is 14.2 Å². The molecule has 1 unspecified atom stereocenters. The zero-order chi connectivity index (χ0) is 59.9. The molecule has 0 rings (SSSR count). The van der Waals surface area contributed by atoms with Crippen molar-refractivity contribution >= 4 is 17.9 Å². The van der Waals surface area contributed by atoms with Crippen LogP contribution in [0.5, 0.6) is 0 Å². The minimum absolute atomic E-state index is 0.0803. The zero-order valence-corrected chi connectivity index (χ0v) is 55.2. The molecule has 480 valence electrons. The van der Waals surface area contributed by atoms with E-state index in [-0.39, 0.29) is 31.1 Å². The molecule has 83 heavy (non-hydrogen) atoms. The van der Waals surface area contributed by atoms with E-state index in [1.807, 2.05) is 0 Å². The second-order valence-electron chi connectivity index (χ2n) is 24.1. The Labute approximate surface area is 515 Å². The molecule has 0 aliphatic carbocycles. The molecule has 6 nitrogen and oxygen atoms in total. The van der Waals surface area contributed by atoms with Crippen LogP contribution in [0.15, 0.2) is 85.1 Å². The van der Waals surface area contributed by atoms with Crippen LogP contribution in [-0.4, -0.2) is 37.2 Å². The third-order valence-corrected chi connectivity index (χ3v) is 15.9. The summed E-state index contributed by atoms with van der Waals surface area (Å²) >= 11 is 0. The molecule has 0 aromatic rings. The minimum atomic E-state index is -0.785. The number of esters is 3. The Morgan fingerprint density at radius 3 is 0.735 bits per heavy atom. The van der Waals surface area contributed by atoms with Gasteiger partial charge in [-0.15, -0.1) is 0 Å². The summed E-state index contributed by atoms with van der Waals surface area (Å²) in [5.41, 5.74) is 0. The van der Waals surface area contributed by atoms with E-state index in [2.05, 4.69) is 106 Å². The highest BCUT2D eigenvalue weighted by Gasteiger charge is 2.19. The molecule has 0 aromatic heterocycles. The highest BCUT2D eigenvalue weighted by molar-refractivity contribution is 5.71. The van der Waals surface area contributed by atoms with Crippen LogP contribution in [-0.2, 0) is 28.6 Å². The fourth-order valence-electron chi connectivity index (χ4n) is 10.5. The monoisotopic (exact) mass is 1160 g/mol. The molecule has 0 heterocycles. The Bertz CT molecular complexity index is 1570. The summed E-state index contributed by atoms with van der Waals surface area (Å²) in [4.78, 5) is 38.3. The van der Waals surface area contributed by atoms with Crippen LogP contribution in [0.25, 0.3) is 0 Å². The maximum Gasteiger partial charge on any atom is 0.306 e. The van der Waals surface area contributed by atoms with Crippen LogP contribution < -0.4 is 0 Å². The third-order valence-electron chi connectivity index (χ3n) is 15.9. The van der Waals surface area contributed by atoms with Crippen LogP contribution in [0, 0.1) is 0 Å². The molecule has 0 saturated heterocycles. The fraction of sp³-hybridized carbons (Fsp3) is 0.779. The number of ether oxygens (including phenoxy) is 3. The van der Waals surface area contributed by atoms with Crippen molar-refractivity contribution in [3.05, 3.63) is 85.1 Å². The first kappa shape index (κ1) is 79.6. The lowest BCUT2D eigenvalue weighted by molar-refractivity contribution is -0.167. The topological polar surface area (TPSA) is 78.9 Å². The number of hydrogen-bond acceptors (Lipinski definition) is 6. The van der Waals surface area contributed by atoms with Gasteiger partial charge in [-0.1, -0.05) is 356 Å². The maximum atomic E-state index is 12.9. The molecular weight excluding hydrogens is 1020 g/mol. The first-order valence-corrected chi connectivity index (χ1v) is 36.1. The zero-order valence-electron chi connectivity index (χ0n) is 55.2. The van der Waals surface area contributed by atoms with E-state index >= 15 is 0 Å². The van der Waals surface area contributed by atoms with E-state index in [0.717, 1.165) is 122 Å². The van der Waals surface area contributed by atoms with Crippen molar-refractivity contribution < 1.29 is 28.6 Å². The van der Waals surface area contributed by atoms with E-state index in [4.69, 9.17) is 14.2 Å². The lowest BCUT2D eigenvalue weighted by Crippen LogP contribution is -2.30. The van der Waals surface area contributed by atoms with E-state index in [0.29, 0.717) is 19.3 Å². The average molecular weight is 1160 g/mol. The van der Waals surface area contributed by atoms with Gasteiger partial charge in [0, 0.05) is 19.3 Å². The van der Waals surface area contributed by atoms with Gasteiger partial charge in [0.1, 0.15) is 13.2 Å². The highest BCUT2D eigenvalue weighted by atomic mass is 16.6. The molecule has 1 atom stereocenters. The molecule has 0 spiro atoms. The summed E-state index contributed by atoms with van der Waals surface area (Å²) < 4.78 is 16.9. The van der Waals surface area contributed by atoms with Crippen molar-refractivity contribution in [1.82, 2.24) is 0 Å². The molecule has 0 bridgehead atoms. The van der Waals surface area contributed by atoms with Crippen molar-refractivity contribution in [3.8, 4) is 0 Å². The Morgan fingerprint density at radius 1 is 0.253 bits per heavy atom. The molecule has 0 fully saturated rings. The van der Waals surface area contributed by atoms with E-state index < -0.39 is 6.10 Å². The average Bonchev–Trinajstić information content (AvgIpc) is 3.49. The molecule has 0 amide bonds. The molecule has 0 radical (unpaired) electrons. The minimum Gasteiger partial charge on any atom is -0.462 e. The fourth-order valence-corrected chi connectivity index (χ4v) is 10.5. The number of carbonyl (C=O) groups excluding carboxylic acids is 3. The third kappa shape index (κ3) is 69.3. The molecular formula is C77H136O6. The van der Waals surface area contributed by atoms with Crippen molar-refractivity contribution in [2.45, 2.75) is 374 Å². The van der Waals surface area contributed by atoms with Crippen LogP contribution in [0.2, 0.25) is 0 Å². The van der Waals surface area contributed by atoms with Gasteiger partial charge in [-0.3, -0.25) is 14.4 Å². The summed E-state index contributed by atoms with van der Waals surface area (Å²) in [6.07, 6.45) is 94.9. The van der Waals surface area contributed by atoms with E-state index in [9.17, 15) is 14.4 Å². The standard InChI is InChI=1S/C77H136O6/c1-4-7-10-13-16-19-21-23-25-27-29-31-33-35-37-38-40-41-43-45-47-49-51-53-55-58-61-64-67-70-76(79)82-73-74(72-81-75(78)69-66-63-60-57-18-15-12-9-6-3)83-77(80)71-68-65-62-59-56-54-52-50-48-46-44-42-39-36-34-32-30-28-26-24-22-20-17-14-11-8-5-2/h8,11,17,20,24,26,30,32,36,39,44,46,50,52,74H,4-7,9-10,12-16,18-19,21-23,25,27-29,31,33-35,37-38,40-43,45,47-49,51,53-73H2,1-3H3/b11-8-,20-17-,26-24-,32-30-,39-36-,46-44-,52-50-. The summed E-state index contributed by atoms with van der Waals surface area (Å²) in [5, 5.41) is 0. The smallest absolute Gasteiger partial charge is 0.306 e. The van der Waals surface area contributed by atoms with Crippen LogP contribution in [0.3, 0.4) is 0 Å². The van der Waals surface area contributed by atoms with Crippen molar-refractivity contribution in [2.24, 2.45) is 0 Å². The van der Waals surface area contributed by atoms with Crippen molar-refractivity contribution in [1.29, 1.82) is 0 Å². The van der Waals surface area contributed by atoms with Gasteiger partial charge in [0.2, 0.25) is 0 Å². The van der Waals surface area contributed by atoms with Gasteiger partial charge in [-0.05, 0) is 77.0 Å². The van der Waals surface area contributed by atoms with Gasteiger partial charge in [0.15, 0.2) is 6.10 Å². The Kier molecular flexibility index (Phi) is 68.2. The van der Waals surface area contributed by atoms with Crippen LogP contribution >= 0.6 is 0 Å². The van der Waals surface area contributed by atoms with Gasteiger partial charge in [0.25, 0.3) is 0 Å². The number of rotatable bonds is 66. The second kappa shape index (κ2) is 71.1. The second-order valence-corrected chi connectivity index (χ2v) is 24.1. The molecule has 0 aromatic carbocycles. The lowest BCUT2D eigenvalue weighted by Gasteiger charge is -2.18. The highest BCUT2D eigenvalue weighted by Crippen LogP contribution is 2.18. The van der Waals surface area contributed by atoms with Gasteiger partial charge in [-0.25, -0.2) is 0 Å². The predicted octanol–water partition coefficient (Wildman–Crippen LogP) is 25.0. The maximum absolute atomic E-state index is 12.9. The van der Waals surface area contributed by atoms with Gasteiger partial charge >= 0.3 is 17.9 Å². The molecule has 6 heteroatoms. The lowest BCUT2D eigenvalue weighted by atomic mass is 10.0. The quantitative estimate of drug-likeness (QED) is 0.0261. The normalized spacial score (nSPS) is 12.6. The van der Waals surface area contributed by atoms with Crippen LogP contribution in [0.4, 0.5) is 0 Å². The van der Waals surface area contributed by atoms with E-state index in [1.165, 1.54) is 205 Å². The molecule has 0 aliphatic heterocycles. The van der Waals surface area contributed by atoms with E-state index in [1.54, 1.807) is 0 Å². The Balaban J connectivity index is 4.17. The Morgan fingerprint density at radius 2 is 0.470 bits per heavy atom. The summed E-state index contributed by atoms with van der Waals surface area (Å²) in [5.74, 6) is -0.884. The molecule has 0 N–H and O–H groups in total. The van der Waals surface area contributed by atoms with Gasteiger partial charge in [0.05, 0.1) is 0 Å². The predicted molar refractivity (Wildman–Crippen MR) is 362 cm³/mol. The van der Waals surface area contributed by atoms with Crippen molar-refractivity contribution in [3.63, 3.8) is 0 Å². The first-order valence-electron chi connectivity index (χ1n) is 36.1. The summed E-state index contributed by atoms with van der Waals surface area (Å²) in [6.45, 7) is 6.54. The number of carbonyl (C=O) groups is 3. The van der Waals surface area contributed by atoms with Crippen LogP contribution in [0.1, 0.15) is 367 Å². The largest absolute Gasteiger partial charge is 0.462 e. The SMILES string of the molecule is CC/C=C\C/C=C\C/C=C\C/C=C\C/C=C\C/C=C\C/C=C\CCCCCCCC(=O)OC(COC(=O)CCCCCCCCCCC)COC(=O)CCCCCCCCCCCCCCCCCCCCCCCCCCCCCCC. The number of allylic oxidation sites excluding steroid dienone is 14. The first-order chi connectivity index (χ1) is 41.0. The number of unbranched alkanes of at least 4 members (excludes halogenated alkanes) is 41. The Hall–Kier alpha value is -3.41. The van der Waals surface area contributed by atoms with Gasteiger partial charge in [-0.2, -0.15) is 0 Å². The summed E-state index contributed by atoms with van der Waals surface area (Å²) in [7, 11) is 0. The van der Waals surface area contributed by atoms with Crippen molar-refractivity contribution in [2.75, 3.05) is 13.2 Å².